The Morgan fingerprint density at radius 2 is 2.15 bits per heavy atom. The molecule has 4 heteroatoms. The fourth-order valence-corrected chi connectivity index (χ4v) is 1.59. The third kappa shape index (κ3) is 2.01. The molecule has 3 nitrogen and oxygen atoms in total. The predicted molar refractivity (Wildman–Crippen MR) is 54.5 cm³/mol. The van der Waals surface area contributed by atoms with Crippen LogP contribution in [-0.2, 0) is 6.42 Å². The number of benzene rings is 1. The van der Waals surface area contributed by atoms with E-state index < -0.39 is 4.92 Å². The first kappa shape index (κ1) is 10.1. The van der Waals surface area contributed by atoms with Crippen LogP contribution in [0.1, 0.15) is 18.1 Å². The van der Waals surface area contributed by atoms with E-state index in [1.165, 1.54) is 0 Å². The van der Waals surface area contributed by atoms with Crippen molar-refractivity contribution < 1.29 is 4.92 Å². The fourth-order valence-electron chi connectivity index (χ4n) is 1.25. The Hall–Kier alpha value is -1.03. The molecule has 0 aromatic heterocycles. The highest BCUT2D eigenvalue weighted by Crippen LogP contribution is 2.26. The molecule has 1 rings (SSSR count). The van der Waals surface area contributed by atoms with Crippen molar-refractivity contribution in [2.75, 3.05) is 0 Å². The molecule has 0 N–H and O–H groups in total. The number of hydrogen-bond donors (Lipinski definition) is 1. The topological polar surface area (TPSA) is 43.1 Å². The van der Waals surface area contributed by atoms with Crippen molar-refractivity contribution in [2.45, 2.75) is 25.2 Å². The Bertz CT molecular complexity index is 350. The van der Waals surface area contributed by atoms with Gasteiger partial charge in [-0.15, -0.1) is 12.6 Å². The largest absolute Gasteiger partial charge is 0.282 e. The molecule has 0 saturated heterocycles. The predicted octanol–water partition coefficient (Wildman–Crippen LogP) is 2.75. The lowest BCUT2D eigenvalue weighted by Gasteiger charge is -2.04. The number of nitrogens with zero attached hydrogens (tertiary/aromatic N) is 1. The van der Waals surface area contributed by atoms with E-state index in [9.17, 15) is 10.1 Å². The van der Waals surface area contributed by atoms with Crippen LogP contribution < -0.4 is 0 Å². The number of thiol groups is 1. The van der Waals surface area contributed by atoms with Gasteiger partial charge in [0.05, 0.1) is 9.82 Å². The quantitative estimate of drug-likeness (QED) is 0.450. The summed E-state index contributed by atoms with van der Waals surface area (Å²) in [5.74, 6) is 0. The van der Waals surface area contributed by atoms with E-state index in [1.54, 1.807) is 12.1 Å². The second-order valence-corrected chi connectivity index (χ2v) is 3.36. The third-order valence-electron chi connectivity index (χ3n) is 2.01. The fraction of sp³-hybridized carbons (Fsp3) is 0.333. The zero-order valence-corrected chi connectivity index (χ0v) is 8.47. The van der Waals surface area contributed by atoms with Crippen LogP contribution in [0.15, 0.2) is 17.0 Å². The first-order valence-electron chi connectivity index (χ1n) is 4.03. The monoisotopic (exact) mass is 197 g/mol. The summed E-state index contributed by atoms with van der Waals surface area (Å²) >= 11 is 4.05. The van der Waals surface area contributed by atoms with E-state index in [-0.39, 0.29) is 5.69 Å². The number of hydrogen-bond acceptors (Lipinski definition) is 3. The SMILES string of the molecule is CCc1cc([N+](=O)[O-])c(S)cc1C. The summed E-state index contributed by atoms with van der Waals surface area (Å²) in [6, 6.07) is 3.33. The van der Waals surface area contributed by atoms with Crippen LogP contribution in [0.5, 0.6) is 0 Å². The molecule has 0 aliphatic heterocycles. The average molecular weight is 197 g/mol. The van der Waals surface area contributed by atoms with Gasteiger partial charge in [0.15, 0.2) is 0 Å². The van der Waals surface area contributed by atoms with Crippen molar-refractivity contribution in [1.29, 1.82) is 0 Å². The molecular formula is C9H11NO2S. The number of nitro groups is 1. The maximum Gasteiger partial charge on any atom is 0.282 e. The van der Waals surface area contributed by atoms with Crippen molar-refractivity contribution in [1.82, 2.24) is 0 Å². The minimum atomic E-state index is -0.402. The van der Waals surface area contributed by atoms with Gasteiger partial charge in [0, 0.05) is 6.07 Å². The van der Waals surface area contributed by atoms with Crippen LogP contribution in [-0.4, -0.2) is 4.92 Å². The molecule has 0 spiro atoms. The maximum atomic E-state index is 10.6. The van der Waals surface area contributed by atoms with E-state index in [0.717, 1.165) is 17.5 Å². The number of aryl methyl sites for hydroxylation is 2. The smallest absolute Gasteiger partial charge is 0.258 e. The Kier molecular flexibility index (Phi) is 2.93. The minimum absolute atomic E-state index is 0.0887. The summed E-state index contributed by atoms with van der Waals surface area (Å²) in [4.78, 5) is 10.6. The molecule has 0 amide bonds. The zero-order valence-electron chi connectivity index (χ0n) is 7.57. The standard InChI is InChI=1S/C9H11NO2S/c1-3-7-5-8(10(11)12)9(13)4-6(7)2/h4-5,13H,3H2,1-2H3. The molecule has 1 aromatic carbocycles. The Balaban J connectivity index is 3.30. The lowest BCUT2D eigenvalue weighted by atomic mass is 10.1. The Labute approximate surface area is 82.3 Å². The highest BCUT2D eigenvalue weighted by molar-refractivity contribution is 7.80. The van der Waals surface area contributed by atoms with Gasteiger partial charge in [-0.1, -0.05) is 6.92 Å². The second kappa shape index (κ2) is 3.79. The molecule has 13 heavy (non-hydrogen) atoms. The van der Waals surface area contributed by atoms with E-state index in [1.807, 2.05) is 13.8 Å². The van der Waals surface area contributed by atoms with Gasteiger partial charge in [-0.25, -0.2) is 0 Å². The molecule has 0 unspecified atom stereocenters. The molecule has 0 atom stereocenters. The molecule has 0 aliphatic rings. The van der Waals surface area contributed by atoms with Gasteiger partial charge < -0.3 is 0 Å². The van der Waals surface area contributed by atoms with Gasteiger partial charge in [0.25, 0.3) is 5.69 Å². The zero-order chi connectivity index (χ0) is 10.0. The van der Waals surface area contributed by atoms with Gasteiger partial charge in [0.1, 0.15) is 0 Å². The van der Waals surface area contributed by atoms with Crippen molar-refractivity contribution >= 4 is 18.3 Å². The second-order valence-electron chi connectivity index (χ2n) is 2.88. The van der Waals surface area contributed by atoms with Crippen LogP contribution in [0.3, 0.4) is 0 Å². The Morgan fingerprint density at radius 3 is 2.62 bits per heavy atom. The van der Waals surface area contributed by atoms with Gasteiger partial charge in [-0.05, 0) is 30.5 Å². The summed E-state index contributed by atoms with van der Waals surface area (Å²) in [5.41, 5.74) is 2.15. The average Bonchev–Trinajstić information content (AvgIpc) is 2.03. The van der Waals surface area contributed by atoms with Crippen molar-refractivity contribution in [3.8, 4) is 0 Å². The van der Waals surface area contributed by atoms with Gasteiger partial charge >= 0.3 is 0 Å². The maximum absolute atomic E-state index is 10.6. The van der Waals surface area contributed by atoms with E-state index in [4.69, 9.17) is 0 Å². The van der Waals surface area contributed by atoms with Crippen LogP contribution in [0, 0.1) is 17.0 Å². The number of rotatable bonds is 2. The molecule has 70 valence electrons. The van der Waals surface area contributed by atoms with E-state index in [0.29, 0.717) is 4.90 Å². The molecule has 0 heterocycles. The molecule has 1 aromatic rings. The molecule has 0 saturated carbocycles. The molecular weight excluding hydrogens is 186 g/mol. The summed E-state index contributed by atoms with van der Waals surface area (Å²) in [6.45, 7) is 3.91. The van der Waals surface area contributed by atoms with E-state index >= 15 is 0 Å². The normalized spacial score (nSPS) is 10.1. The highest BCUT2D eigenvalue weighted by Gasteiger charge is 2.12. The highest BCUT2D eigenvalue weighted by atomic mass is 32.1. The lowest BCUT2D eigenvalue weighted by molar-refractivity contribution is -0.387. The van der Waals surface area contributed by atoms with E-state index in [2.05, 4.69) is 12.6 Å². The molecule has 0 radical (unpaired) electrons. The lowest BCUT2D eigenvalue weighted by Crippen LogP contribution is -1.94. The minimum Gasteiger partial charge on any atom is -0.258 e. The van der Waals surface area contributed by atoms with Gasteiger partial charge in [-0.2, -0.15) is 0 Å². The number of nitro benzene ring substituents is 1. The summed E-state index contributed by atoms with van der Waals surface area (Å²) in [6.07, 6.45) is 0.806. The molecule has 0 aliphatic carbocycles. The molecule has 0 fully saturated rings. The van der Waals surface area contributed by atoms with Gasteiger partial charge in [-0.3, -0.25) is 10.1 Å². The van der Waals surface area contributed by atoms with Crippen LogP contribution in [0.4, 0.5) is 5.69 Å². The first-order valence-corrected chi connectivity index (χ1v) is 4.47. The van der Waals surface area contributed by atoms with Crippen LogP contribution in [0.2, 0.25) is 0 Å². The third-order valence-corrected chi connectivity index (χ3v) is 2.37. The summed E-state index contributed by atoms with van der Waals surface area (Å²) in [7, 11) is 0. The van der Waals surface area contributed by atoms with Crippen molar-refractivity contribution in [3.05, 3.63) is 33.4 Å². The molecule has 0 bridgehead atoms. The summed E-state index contributed by atoms with van der Waals surface area (Å²) in [5, 5.41) is 10.6. The van der Waals surface area contributed by atoms with Crippen molar-refractivity contribution in [3.63, 3.8) is 0 Å². The van der Waals surface area contributed by atoms with Gasteiger partial charge in [0.2, 0.25) is 0 Å². The Morgan fingerprint density at radius 1 is 1.54 bits per heavy atom. The first-order chi connectivity index (χ1) is 6.06. The van der Waals surface area contributed by atoms with Crippen LogP contribution >= 0.6 is 12.6 Å². The van der Waals surface area contributed by atoms with Crippen molar-refractivity contribution in [2.24, 2.45) is 0 Å². The van der Waals surface area contributed by atoms with Crippen LogP contribution in [0.25, 0.3) is 0 Å². The summed E-state index contributed by atoms with van der Waals surface area (Å²) < 4.78 is 0.